The summed E-state index contributed by atoms with van der Waals surface area (Å²) in [6.07, 6.45) is 2.08. The van der Waals surface area contributed by atoms with Crippen molar-refractivity contribution >= 4 is 5.91 Å². The van der Waals surface area contributed by atoms with Gasteiger partial charge in [-0.15, -0.1) is 0 Å². The Kier molecular flexibility index (Phi) is 3.69. The van der Waals surface area contributed by atoms with Gasteiger partial charge in [0.25, 0.3) is 0 Å². The van der Waals surface area contributed by atoms with Crippen LogP contribution < -0.4 is 10.7 Å². The fourth-order valence-electron chi connectivity index (χ4n) is 1.53. The van der Waals surface area contributed by atoms with Crippen molar-refractivity contribution in [1.29, 1.82) is 0 Å². The van der Waals surface area contributed by atoms with Gasteiger partial charge in [-0.05, 0) is 19.8 Å². The smallest absolute Gasteiger partial charge is 0.238 e. The summed E-state index contributed by atoms with van der Waals surface area (Å²) in [5.74, 6) is 0.267. The second kappa shape index (κ2) is 4.58. The number of amides is 1. The molecule has 13 heavy (non-hydrogen) atoms. The monoisotopic (exact) mass is 185 g/mol. The van der Waals surface area contributed by atoms with Crippen molar-refractivity contribution in [3.8, 4) is 0 Å². The third kappa shape index (κ3) is 3.32. The van der Waals surface area contributed by atoms with E-state index in [9.17, 15) is 4.79 Å². The first-order valence-corrected chi connectivity index (χ1v) is 4.81. The molecule has 76 valence electrons. The van der Waals surface area contributed by atoms with E-state index in [0.717, 1.165) is 19.4 Å². The molecular formula is C9H19N3O. The second-order valence-electron chi connectivity index (χ2n) is 3.95. The zero-order valence-electron chi connectivity index (χ0n) is 8.63. The Morgan fingerprint density at radius 3 is 2.62 bits per heavy atom. The molecule has 1 fully saturated rings. The van der Waals surface area contributed by atoms with Crippen LogP contribution in [-0.4, -0.2) is 37.6 Å². The number of hydrogen-bond donors (Lipinski definition) is 2. The summed E-state index contributed by atoms with van der Waals surface area (Å²) in [6.45, 7) is 2.96. The van der Waals surface area contributed by atoms with E-state index in [2.05, 4.69) is 17.7 Å². The Morgan fingerprint density at radius 2 is 2.15 bits per heavy atom. The molecule has 4 heteroatoms. The maximum Gasteiger partial charge on any atom is 0.238 e. The van der Waals surface area contributed by atoms with E-state index >= 15 is 0 Å². The highest BCUT2D eigenvalue weighted by atomic mass is 16.2. The van der Waals surface area contributed by atoms with Gasteiger partial charge in [0.2, 0.25) is 5.91 Å². The number of carbonyl (C=O) groups excluding carboxylic acids is 1. The summed E-state index contributed by atoms with van der Waals surface area (Å²) < 4.78 is 0. The quantitative estimate of drug-likeness (QED) is 0.594. The summed E-state index contributed by atoms with van der Waals surface area (Å²) in [5.41, 5.74) is 2.78. The van der Waals surface area contributed by atoms with Crippen LogP contribution in [0.4, 0.5) is 0 Å². The number of nitrogens with zero attached hydrogens (tertiary/aromatic N) is 1. The fourth-order valence-corrected chi connectivity index (χ4v) is 1.53. The number of rotatable bonds is 2. The topological polar surface area (TPSA) is 44.4 Å². The highest BCUT2D eigenvalue weighted by molar-refractivity contribution is 5.78. The Labute approximate surface area is 79.6 Å². The lowest BCUT2D eigenvalue weighted by Crippen LogP contribution is -2.47. The van der Waals surface area contributed by atoms with Crippen molar-refractivity contribution in [2.75, 3.05) is 20.6 Å². The lowest BCUT2D eigenvalue weighted by molar-refractivity contribution is -0.129. The molecule has 1 heterocycles. The van der Waals surface area contributed by atoms with Gasteiger partial charge in [0, 0.05) is 26.7 Å². The molecule has 1 aliphatic heterocycles. The first-order valence-electron chi connectivity index (χ1n) is 4.81. The third-order valence-corrected chi connectivity index (χ3v) is 2.37. The van der Waals surface area contributed by atoms with Crippen LogP contribution in [0.5, 0.6) is 0 Å². The lowest BCUT2D eigenvalue weighted by atomic mass is 9.95. The number of hydrogen-bond acceptors (Lipinski definition) is 3. The van der Waals surface area contributed by atoms with E-state index < -0.39 is 0 Å². The molecule has 1 aliphatic rings. The molecule has 1 amide bonds. The summed E-state index contributed by atoms with van der Waals surface area (Å²) >= 11 is 0. The predicted octanol–water partition coefficient (Wildman–Crippen LogP) is -0.0327. The molecule has 0 bridgehead atoms. The Hall–Kier alpha value is -0.610. The molecular weight excluding hydrogens is 166 g/mol. The highest BCUT2D eigenvalue weighted by Gasteiger charge is 2.23. The van der Waals surface area contributed by atoms with Gasteiger partial charge < -0.3 is 5.32 Å². The number of carbonyl (C=O) groups is 1. The van der Waals surface area contributed by atoms with Crippen molar-refractivity contribution in [3.63, 3.8) is 0 Å². The molecule has 2 unspecified atom stereocenters. The Balaban J connectivity index is 2.31. The van der Waals surface area contributed by atoms with Crippen molar-refractivity contribution in [2.45, 2.75) is 25.8 Å². The minimum atomic E-state index is 0.129. The summed E-state index contributed by atoms with van der Waals surface area (Å²) in [7, 11) is 3.66. The van der Waals surface area contributed by atoms with E-state index in [1.54, 1.807) is 5.01 Å². The minimum absolute atomic E-state index is 0.129. The van der Waals surface area contributed by atoms with Crippen LogP contribution in [0.1, 0.15) is 19.8 Å². The van der Waals surface area contributed by atoms with E-state index in [0.29, 0.717) is 6.04 Å². The maximum atomic E-state index is 11.5. The Morgan fingerprint density at radius 1 is 1.46 bits per heavy atom. The van der Waals surface area contributed by atoms with E-state index in [-0.39, 0.29) is 11.8 Å². The van der Waals surface area contributed by atoms with Crippen LogP contribution in [0.2, 0.25) is 0 Å². The standard InChI is InChI=1S/C9H19N3O/c1-7-4-5-8(6-10-7)9(13)11-12(2)3/h7-8,10H,4-6H2,1-3H3,(H,11,13). The fraction of sp³-hybridized carbons (Fsp3) is 0.889. The van der Waals surface area contributed by atoms with E-state index in [1.807, 2.05) is 14.1 Å². The van der Waals surface area contributed by atoms with Crippen LogP contribution in [0.25, 0.3) is 0 Å². The van der Waals surface area contributed by atoms with Crippen LogP contribution >= 0.6 is 0 Å². The lowest BCUT2D eigenvalue weighted by Gasteiger charge is -2.27. The summed E-state index contributed by atoms with van der Waals surface area (Å²) in [6, 6.07) is 0.559. The molecule has 0 aromatic heterocycles. The first kappa shape index (κ1) is 10.5. The molecule has 2 atom stereocenters. The highest BCUT2D eigenvalue weighted by Crippen LogP contribution is 2.13. The van der Waals surface area contributed by atoms with Crippen LogP contribution in [-0.2, 0) is 4.79 Å². The average Bonchev–Trinajstić information content (AvgIpc) is 2.04. The van der Waals surface area contributed by atoms with Gasteiger partial charge in [-0.3, -0.25) is 10.2 Å². The van der Waals surface area contributed by atoms with Crippen molar-refractivity contribution in [1.82, 2.24) is 15.8 Å². The second-order valence-corrected chi connectivity index (χ2v) is 3.95. The predicted molar refractivity (Wildman–Crippen MR) is 52.0 cm³/mol. The largest absolute Gasteiger partial charge is 0.313 e. The number of nitrogens with one attached hydrogen (secondary N) is 2. The number of piperidine rings is 1. The first-order chi connectivity index (χ1) is 6.09. The zero-order valence-corrected chi connectivity index (χ0v) is 8.63. The van der Waals surface area contributed by atoms with Crippen LogP contribution in [0.15, 0.2) is 0 Å². The minimum Gasteiger partial charge on any atom is -0.313 e. The van der Waals surface area contributed by atoms with Gasteiger partial charge in [0.05, 0.1) is 5.92 Å². The normalized spacial score (nSPS) is 28.9. The molecule has 4 nitrogen and oxygen atoms in total. The summed E-state index contributed by atoms with van der Waals surface area (Å²) in [5, 5.41) is 5.00. The van der Waals surface area contributed by atoms with Gasteiger partial charge in [0.15, 0.2) is 0 Å². The molecule has 1 rings (SSSR count). The van der Waals surface area contributed by atoms with E-state index in [4.69, 9.17) is 0 Å². The van der Waals surface area contributed by atoms with Crippen molar-refractivity contribution < 1.29 is 4.79 Å². The zero-order chi connectivity index (χ0) is 9.84. The average molecular weight is 185 g/mol. The van der Waals surface area contributed by atoms with Crippen molar-refractivity contribution in [2.24, 2.45) is 5.92 Å². The third-order valence-electron chi connectivity index (χ3n) is 2.37. The van der Waals surface area contributed by atoms with Gasteiger partial charge in [0.1, 0.15) is 0 Å². The molecule has 0 saturated carbocycles. The maximum absolute atomic E-state index is 11.5. The van der Waals surface area contributed by atoms with Crippen LogP contribution in [0.3, 0.4) is 0 Å². The van der Waals surface area contributed by atoms with Gasteiger partial charge in [-0.25, -0.2) is 5.01 Å². The number of hydrazine groups is 1. The van der Waals surface area contributed by atoms with Gasteiger partial charge in [-0.2, -0.15) is 0 Å². The summed E-state index contributed by atoms with van der Waals surface area (Å²) in [4.78, 5) is 11.5. The molecule has 0 aromatic rings. The molecule has 0 radical (unpaired) electrons. The molecule has 0 spiro atoms. The van der Waals surface area contributed by atoms with Gasteiger partial charge in [-0.1, -0.05) is 0 Å². The molecule has 2 N–H and O–H groups in total. The Bertz CT molecular complexity index is 174. The van der Waals surface area contributed by atoms with E-state index in [1.165, 1.54) is 0 Å². The van der Waals surface area contributed by atoms with Gasteiger partial charge >= 0.3 is 0 Å². The molecule has 0 aliphatic carbocycles. The molecule has 0 aromatic carbocycles. The van der Waals surface area contributed by atoms with Crippen molar-refractivity contribution in [3.05, 3.63) is 0 Å². The molecule has 1 saturated heterocycles. The SMILES string of the molecule is CC1CCC(C(=O)NN(C)C)CN1. The van der Waals surface area contributed by atoms with Crippen LogP contribution in [0, 0.1) is 5.92 Å².